The SMILES string of the molecule is Cc1cccc(C(N)C(NP(=O)(c2ccccc2)c2ccccc2)c2ccccc2)n1. The molecule has 0 amide bonds. The van der Waals surface area contributed by atoms with Crippen LogP contribution in [0.25, 0.3) is 0 Å². The Morgan fingerprint density at radius 2 is 1.26 bits per heavy atom. The number of benzene rings is 3. The molecule has 0 aliphatic heterocycles. The van der Waals surface area contributed by atoms with Gasteiger partial charge in [0.05, 0.1) is 17.8 Å². The van der Waals surface area contributed by atoms with Gasteiger partial charge in [0, 0.05) is 16.3 Å². The summed E-state index contributed by atoms with van der Waals surface area (Å²) in [4.78, 5) is 4.64. The predicted octanol–water partition coefficient (Wildman–Crippen LogP) is 4.65. The van der Waals surface area contributed by atoms with E-state index in [4.69, 9.17) is 5.73 Å². The second kappa shape index (κ2) is 9.40. The van der Waals surface area contributed by atoms with Gasteiger partial charge in [-0.3, -0.25) is 14.6 Å². The molecule has 4 aromatic rings. The highest BCUT2D eigenvalue weighted by Crippen LogP contribution is 2.44. The number of aryl methyl sites for hydroxylation is 1. The largest absolute Gasteiger partial charge is 0.321 e. The number of hydrogen-bond donors (Lipinski definition) is 2. The third-order valence-corrected chi connectivity index (χ3v) is 8.02. The Kier molecular flexibility index (Phi) is 6.43. The van der Waals surface area contributed by atoms with E-state index in [-0.39, 0.29) is 0 Å². The molecule has 3 N–H and O–H groups in total. The summed E-state index contributed by atoms with van der Waals surface area (Å²) in [5.41, 5.74) is 9.38. The monoisotopic (exact) mass is 427 g/mol. The van der Waals surface area contributed by atoms with Crippen molar-refractivity contribution in [3.8, 4) is 0 Å². The molecule has 3 aromatic carbocycles. The maximum absolute atomic E-state index is 14.6. The normalized spacial score (nSPS) is 13.5. The van der Waals surface area contributed by atoms with Crippen molar-refractivity contribution >= 4 is 17.9 Å². The van der Waals surface area contributed by atoms with Crippen LogP contribution in [0.15, 0.2) is 109 Å². The van der Waals surface area contributed by atoms with Gasteiger partial charge in [-0.05, 0) is 48.9 Å². The van der Waals surface area contributed by atoms with Gasteiger partial charge in [0.15, 0.2) is 0 Å². The van der Waals surface area contributed by atoms with Crippen LogP contribution in [0.4, 0.5) is 0 Å². The third kappa shape index (κ3) is 4.67. The smallest absolute Gasteiger partial charge is 0.205 e. The van der Waals surface area contributed by atoms with Crippen LogP contribution in [-0.2, 0) is 4.57 Å². The number of rotatable bonds is 7. The lowest BCUT2D eigenvalue weighted by atomic mass is 9.98. The molecule has 2 unspecified atom stereocenters. The highest BCUT2D eigenvalue weighted by Gasteiger charge is 2.34. The molecule has 5 heteroatoms. The Morgan fingerprint density at radius 1 is 0.742 bits per heavy atom. The first-order chi connectivity index (χ1) is 15.1. The molecule has 0 aliphatic rings. The van der Waals surface area contributed by atoms with Gasteiger partial charge in [0.2, 0.25) is 7.29 Å². The highest BCUT2D eigenvalue weighted by atomic mass is 31.2. The minimum absolute atomic E-state index is 0.401. The lowest BCUT2D eigenvalue weighted by Crippen LogP contribution is -2.36. The fraction of sp³-hybridized carbons (Fsp3) is 0.115. The summed E-state index contributed by atoms with van der Waals surface area (Å²) in [5, 5.41) is 4.97. The molecule has 0 saturated heterocycles. The Balaban J connectivity index is 1.83. The summed E-state index contributed by atoms with van der Waals surface area (Å²) in [6, 6.07) is 33.9. The summed E-state index contributed by atoms with van der Waals surface area (Å²) >= 11 is 0. The van der Waals surface area contributed by atoms with Gasteiger partial charge in [-0.25, -0.2) is 0 Å². The molecule has 1 heterocycles. The zero-order valence-corrected chi connectivity index (χ0v) is 18.3. The third-order valence-electron chi connectivity index (χ3n) is 5.33. The molecule has 0 saturated carbocycles. The van der Waals surface area contributed by atoms with Gasteiger partial charge in [0.1, 0.15) is 0 Å². The van der Waals surface area contributed by atoms with Crippen LogP contribution in [0.5, 0.6) is 0 Å². The Labute approximate surface area is 183 Å². The zero-order valence-electron chi connectivity index (χ0n) is 17.4. The summed E-state index contributed by atoms with van der Waals surface area (Å²) < 4.78 is 14.6. The fourth-order valence-electron chi connectivity index (χ4n) is 3.71. The van der Waals surface area contributed by atoms with Gasteiger partial charge in [-0.15, -0.1) is 0 Å². The maximum atomic E-state index is 14.6. The average molecular weight is 427 g/mol. The van der Waals surface area contributed by atoms with E-state index >= 15 is 0 Å². The van der Waals surface area contributed by atoms with Crippen molar-refractivity contribution in [1.82, 2.24) is 10.1 Å². The summed E-state index contributed by atoms with van der Waals surface area (Å²) in [6.07, 6.45) is 0. The van der Waals surface area contributed by atoms with E-state index in [1.807, 2.05) is 116 Å². The topological polar surface area (TPSA) is 68.0 Å². The Bertz CT molecular complexity index is 1120. The second-order valence-electron chi connectivity index (χ2n) is 7.53. The summed E-state index contributed by atoms with van der Waals surface area (Å²) in [5.74, 6) is 0. The molecule has 31 heavy (non-hydrogen) atoms. The number of aromatic nitrogens is 1. The number of pyridine rings is 1. The van der Waals surface area contributed by atoms with Crippen LogP contribution in [0.3, 0.4) is 0 Å². The maximum Gasteiger partial charge on any atom is 0.205 e. The fourth-order valence-corrected chi connectivity index (χ4v) is 6.19. The molecule has 0 radical (unpaired) electrons. The number of nitrogens with one attached hydrogen (secondary N) is 1. The van der Waals surface area contributed by atoms with Crippen molar-refractivity contribution in [2.75, 3.05) is 0 Å². The molecule has 156 valence electrons. The minimum Gasteiger partial charge on any atom is -0.321 e. The van der Waals surface area contributed by atoms with Crippen LogP contribution < -0.4 is 21.4 Å². The predicted molar refractivity (Wildman–Crippen MR) is 128 cm³/mol. The van der Waals surface area contributed by atoms with Crippen LogP contribution in [0.2, 0.25) is 0 Å². The second-order valence-corrected chi connectivity index (χ2v) is 10.0. The molecule has 4 nitrogen and oxygen atoms in total. The van der Waals surface area contributed by atoms with E-state index in [0.717, 1.165) is 27.6 Å². The van der Waals surface area contributed by atoms with Gasteiger partial charge in [0.25, 0.3) is 0 Å². The summed E-state index contributed by atoms with van der Waals surface area (Å²) in [7, 11) is -3.19. The molecule has 0 fully saturated rings. The van der Waals surface area contributed by atoms with E-state index in [0.29, 0.717) is 0 Å². The summed E-state index contributed by atoms with van der Waals surface area (Å²) in [6.45, 7) is 1.94. The first-order valence-electron chi connectivity index (χ1n) is 10.3. The minimum atomic E-state index is -3.19. The lowest BCUT2D eigenvalue weighted by molar-refractivity contribution is 0.503. The molecular weight excluding hydrogens is 401 g/mol. The Morgan fingerprint density at radius 3 is 1.77 bits per heavy atom. The number of hydrogen-bond acceptors (Lipinski definition) is 3. The van der Waals surface area contributed by atoms with E-state index in [2.05, 4.69) is 10.1 Å². The number of nitrogens with zero attached hydrogens (tertiary/aromatic N) is 1. The van der Waals surface area contributed by atoms with Crippen molar-refractivity contribution in [2.24, 2.45) is 5.73 Å². The zero-order chi connectivity index (χ0) is 21.7. The van der Waals surface area contributed by atoms with E-state index in [1.165, 1.54) is 0 Å². The van der Waals surface area contributed by atoms with Crippen molar-refractivity contribution in [1.29, 1.82) is 0 Å². The highest BCUT2D eigenvalue weighted by molar-refractivity contribution is 7.76. The van der Waals surface area contributed by atoms with Crippen molar-refractivity contribution in [3.63, 3.8) is 0 Å². The van der Waals surface area contributed by atoms with Crippen LogP contribution in [0.1, 0.15) is 29.0 Å². The molecule has 2 atom stereocenters. The van der Waals surface area contributed by atoms with Crippen molar-refractivity contribution in [3.05, 3.63) is 126 Å². The van der Waals surface area contributed by atoms with Crippen molar-refractivity contribution in [2.45, 2.75) is 19.0 Å². The van der Waals surface area contributed by atoms with Gasteiger partial charge >= 0.3 is 0 Å². The number of nitrogens with two attached hydrogens (primary N) is 1. The van der Waals surface area contributed by atoms with E-state index in [1.54, 1.807) is 0 Å². The van der Waals surface area contributed by atoms with Crippen LogP contribution >= 0.6 is 7.29 Å². The molecule has 4 rings (SSSR count). The average Bonchev–Trinajstić information content (AvgIpc) is 2.83. The first-order valence-corrected chi connectivity index (χ1v) is 12.0. The van der Waals surface area contributed by atoms with Gasteiger partial charge in [-0.2, -0.15) is 0 Å². The quantitative estimate of drug-likeness (QED) is 0.421. The van der Waals surface area contributed by atoms with E-state index < -0.39 is 19.4 Å². The van der Waals surface area contributed by atoms with Crippen LogP contribution in [0, 0.1) is 6.92 Å². The molecule has 0 aliphatic carbocycles. The lowest BCUT2D eigenvalue weighted by Gasteiger charge is -2.31. The van der Waals surface area contributed by atoms with E-state index in [9.17, 15) is 4.57 Å². The van der Waals surface area contributed by atoms with Crippen molar-refractivity contribution < 1.29 is 4.57 Å². The molecule has 1 aromatic heterocycles. The van der Waals surface area contributed by atoms with Gasteiger partial charge < -0.3 is 5.73 Å². The van der Waals surface area contributed by atoms with Gasteiger partial charge in [-0.1, -0.05) is 72.8 Å². The molecular formula is C26H26N3OP. The molecule has 0 bridgehead atoms. The standard InChI is InChI=1S/C26H26N3OP/c1-20-12-11-19-24(28-20)25(27)26(21-13-5-2-6-14-21)29-31(30,22-15-7-3-8-16-22)23-17-9-4-10-18-23/h2-19,25-26H,27H2,1H3,(H,29,30). The first kappa shape index (κ1) is 21.2. The van der Waals surface area contributed by atoms with Crippen LogP contribution in [-0.4, -0.2) is 4.98 Å². The Hall–Kier alpha value is -3.04. The molecule has 0 spiro atoms.